The number of carbonyl (C=O) groups excluding carboxylic acids is 1. The van der Waals surface area contributed by atoms with E-state index in [4.69, 9.17) is 10.00 Å². The third-order valence-corrected chi connectivity index (χ3v) is 7.02. The van der Waals surface area contributed by atoms with E-state index in [2.05, 4.69) is 91.2 Å². The Bertz CT molecular complexity index is 1160. The monoisotopic (exact) mass is 456 g/mol. The highest BCUT2D eigenvalue weighted by Gasteiger charge is 2.39. The summed E-state index contributed by atoms with van der Waals surface area (Å²) in [6, 6.07) is 17.3. The molecular weight excluding hydrogens is 428 g/mol. The Kier molecular flexibility index (Phi) is 7.36. The number of aryl methyl sites for hydroxylation is 2. The van der Waals surface area contributed by atoms with Crippen LogP contribution in [0.3, 0.4) is 0 Å². The topological polar surface area (TPSA) is 62.1 Å². The van der Waals surface area contributed by atoms with Crippen LogP contribution in [0, 0.1) is 18.3 Å². The van der Waals surface area contributed by atoms with Gasteiger partial charge in [-0.1, -0.05) is 60.3 Å². The number of carbonyl (C=O) groups is 1. The lowest BCUT2D eigenvalue weighted by Gasteiger charge is -2.23. The number of nitriles is 1. The molecule has 0 saturated carbocycles. The smallest absolute Gasteiger partial charge is 0.407 e. The highest BCUT2D eigenvalue weighted by molar-refractivity contribution is 7.99. The van der Waals surface area contributed by atoms with Gasteiger partial charge in [0.25, 0.3) is 0 Å². The number of hydrogen-bond acceptors (Lipinski definition) is 4. The largest absolute Gasteiger partial charge is 0.447 e. The number of alkyl carbamates (subject to hydrolysis) is 1. The second-order valence-electron chi connectivity index (χ2n) is 8.60. The highest BCUT2D eigenvalue weighted by atomic mass is 32.2. The van der Waals surface area contributed by atoms with E-state index >= 15 is 0 Å². The molecule has 1 aliphatic carbocycles. The van der Waals surface area contributed by atoms with E-state index < -0.39 is 11.6 Å². The molecule has 0 radical (unpaired) electrons. The van der Waals surface area contributed by atoms with Crippen molar-refractivity contribution in [2.45, 2.75) is 54.4 Å². The first-order chi connectivity index (χ1) is 16.0. The van der Waals surface area contributed by atoms with Gasteiger partial charge in [-0.15, -0.1) is 0 Å². The normalized spacial score (nSPS) is 19.8. The molecule has 1 amide bonds. The van der Waals surface area contributed by atoms with Crippen LogP contribution < -0.4 is 5.32 Å². The van der Waals surface area contributed by atoms with Crippen molar-refractivity contribution in [3.8, 4) is 6.07 Å². The zero-order chi connectivity index (χ0) is 23.1. The molecule has 0 aromatic heterocycles. The van der Waals surface area contributed by atoms with Crippen LogP contribution in [0.15, 0.2) is 82.1 Å². The van der Waals surface area contributed by atoms with Gasteiger partial charge in [0.15, 0.2) is 0 Å². The third kappa shape index (κ3) is 6.18. The fourth-order valence-corrected chi connectivity index (χ4v) is 5.10. The Balaban J connectivity index is 1.40. The first-order valence-electron chi connectivity index (χ1n) is 11.3. The minimum atomic E-state index is -0.580. The van der Waals surface area contributed by atoms with Crippen molar-refractivity contribution in [3.63, 3.8) is 0 Å². The maximum absolute atomic E-state index is 11.5. The summed E-state index contributed by atoms with van der Waals surface area (Å²) in [5, 5.41) is 12.0. The summed E-state index contributed by atoms with van der Waals surface area (Å²) in [5.41, 5.74) is 4.32. The lowest BCUT2D eigenvalue weighted by molar-refractivity contribution is 0.171. The van der Waals surface area contributed by atoms with Crippen molar-refractivity contribution in [1.82, 2.24) is 5.32 Å². The lowest BCUT2D eigenvalue weighted by Crippen LogP contribution is -2.43. The molecule has 33 heavy (non-hydrogen) atoms. The molecule has 4 rings (SSSR count). The number of cyclic esters (lactones) is 1. The summed E-state index contributed by atoms with van der Waals surface area (Å²) in [4.78, 5) is 13.9. The molecule has 1 unspecified atom stereocenters. The van der Waals surface area contributed by atoms with E-state index in [0.717, 1.165) is 19.3 Å². The summed E-state index contributed by atoms with van der Waals surface area (Å²) in [5.74, 6) is 0. The molecular formula is C28H28N2O2S. The molecule has 1 atom stereocenters. The second kappa shape index (κ2) is 10.6. The predicted molar refractivity (Wildman–Crippen MR) is 133 cm³/mol. The van der Waals surface area contributed by atoms with Gasteiger partial charge >= 0.3 is 6.09 Å². The zero-order valence-corrected chi connectivity index (χ0v) is 19.7. The Morgan fingerprint density at radius 2 is 2.06 bits per heavy atom. The van der Waals surface area contributed by atoms with Gasteiger partial charge in [0.05, 0.1) is 18.0 Å². The Morgan fingerprint density at radius 3 is 2.79 bits per heavy atom. The summed E-state index contributed by atoms with van der Waals surface area (Å²) < 4.78 is 5.07. The van der Waals surface area contributed by atoms with Gasteiger partial charge in [0.2, 0.25) is 0 Å². The number of amides is 1. The molecule has 4 nitrogen and oxygen atoms in total. The SMILES string of the molecule is Cc1cc(Sc2cccc(/C=C\C3=CCCC=C3)c2)ccc1CCC1(CC#N)COC(=O)N1. The van der Waals surface area contributed by atoms with Gasteiger partial charge in [-0.2, -0.15) is 5.26 Å². The quantitative estimate of drug-likeness (QED) is 0.477. The van der Waals surface area contributed by atoms with Crippen LogP contribution in [0.1, 0.15) is 42.4 Å². The van der Waals surface area contributed by atoms with E-state index in [0.29, 0.717) is 6.42 Å². The van der Waals surface area contributed by atoms with Crippen molar-refractivity contribution in [3.05, 3.63) is 89.0 Å². The molecule has 1 saturated heterocycles. The molecule has 0 spiro atoms. The van der Waals surface area contributed by atoms with E-state index in [1.54, 1.807) is 11.8 Å². The minimum Gasteiger partial charge on any atom is -0.447 e. The first-order valence-corrected chi connectivity index (χ1v) is 12.1. The van der Waals surface area contributed by atoms with Crippen LogP contribution in [-0.2, 0) is 11.2 Å². The van der Waals surface area contributed by atoms with E-state index in [1.807, 2.05) is 0 Å². The van der Waals surface area contributed by atoms with Gasteiger partial charge in [0.1, 0.15) is 6.61 Å². The van der Waals surface area contributed by atoms with Crippen molar-refractivity contribution in [1.29, 1.82) is 5.26 Å². The third-order valence-electron chi connectivity index (χ3n) is 6.04. The number of nitrogens with one attached hydrogen (secondary N) is 1. The van der Waals surface area contributed by atoms with Crippen molar-refractivity contribution >= 4 is 23.9 Å². The van der Waals surface area contributed by atoms with Crippen molar-refractivity contribution in [2.24, 2.45) is 0 Å². The van der Waals surface area contributed by atoms with Crippen LogP contribution in [-0.4, -0.2) is 18.2 Å². The number of hydrogen-bond donors (Lipinski definition) is 1. The molecule has 168 valence electrons. The zero-order valence-electron chi connectivity index (χ0n) is 18.8. The number of allylic oxidation sites excluding steroid dienone is 5. The molecule has 5 heteroatoms. The summed E-state index contributed by atoms with van der Waals surface area (Å²) in [6.07, 6.45) is 14.6. The lowest BCUT2D eigenvalue weighted by atomic mass is 9.89. The van der Waals surface area contributed by atoms with Gasteiger partial charge in [0, 0.05) is 9.79 Å². The number of nitrogens with zero attached hydrogens (tertiary/aromatic N) is 1. The number of benzene rings is 2. The van der Waals surface area contributed by atoms with Gasteiger partial charge < -0.3 is 10.1 Å². The standard InChI is InChI=1S/C28H28N2O2S/c1-21-18-26(13-12-24(21)14-15-28(16-17-29)20-32-27(31)30-28)33-25-9-5-8-23(19-25)11-10-22-6-3-2-4-7-22/h3,5-13,18-19H,2,4,14-16,20H2,1H3,(H,30,31)/b11-10-. The Labute approximate surface area is 200 Å². The minimum absolute atomic E-state index is 0.254. The van der Waals surface area contributed by atoms with E-state index in [-0.39, 0.29) is 13.0 Å². The maximum Gasteiger partial charge on any atom is 0.407 e. The second-order valence-corrected chi connectivity index (χ2v) is 9.74. The van der Waals surface area contributed by atoms with Crippen LogP contribution in [0.5, 0.6) is 0 Å². The summed E-state index contributed by atoms with van der Waals surface area (Å²) in [7, 11) is 0. The van der Waals surface area contributed by atoms with E-state index in [9.17, 15) is 4.79 Å². The molecule has 2 aromatic rings. The van der Waals surface area contributed by atoms with Crippen LogP contribution in [0.25, 0.3) is 6.08 Å². The summed E-state index contributed by atoms with van der Waals surface area (Å²) >= 11 is 1.75. The van der Waals surface area contributed by atoms with Crippen molar-refractivity contribution in [2.75, 3.05) is 6.61 Å². The van der Waals surface area contributed by atoms with Gasteiger partial charge in [-0.05, 0) is 79.1 Å². The Hall–Kier alpha value is -3.23. The first kappa shape index (κ1) is 22.9. The molecule has 0 bridgehead atoms. The van der Waals surface area contributed by atoms with E-state index in [1.165, 1.54) is 32.1 Å². The average molecular weight is 457 g/mol. The van der Waals surface area contributed by atoms with Gasteiger partial charge in [-0.25, -0.2) is 4.79 Å². The number of rotatable bonds is 8. The summed E-state index contributed by atoms with van der Waals surface area (Å²) in [6.45, 7) is 2.37. The van der Waals surface area contributed by atoms with Crippen LogP contribution in [0.4, 0.5) is 4.79 Å². The maximum atomic E-state index is 11.5. The molecule has 2 aliphatic rings. The Morgan fingerprint density at radius 1 is 1.18 bits per heavy atom. The molecule has 1 heterocycles. The fourth-order valence-electron chi connectivity index (χ4n) is 4.12. The predicted octanol–water partition coefficient (Wildman–Crippen LogP) is 6.76. The average Bonchev–Trinajstić information content (AvgIpc) is 3.19. The fraction of sp³-hybridized carbons (Fsp3) is 0.286. The van der Waals surface area contributed by atoms with Crippen LogP contribution >= 0.6 is 11.8 Å². The molecule has 2 aromatic carbocycles. The highest BCUT2D eigenvalue weighted by Crippen LogP contribution is 2.31. The van der Waals surface area contributed by atoms with Crippen LogP contribution in [0.2, 0.25) is 0 Å². The van der Waals surface area contributed by atoms with Crippen molar-refractivity contribution < 1.29 is 9.53 Å². The molecule has 1 N–H and O–H groups in total. The molecule has 1 fully saturated rings. The number of ether oxygens (including phenoxy) is 1. The molecule has 1 aliphatic heterocycles. The van der Waals surface area contributed by atoms with Gasteiger partial charge in [-0.3, -0.25) is 0 Å².